The number of rotatable bonds is 6. The fraction of sp³-hybridized carbons (Fsp3) is 0.500. The normalized spacial score (nSPS) is 14.6. The van der Waals surface area contributed by atoms with Gasteiger partial charge >= 0.3 is 18.3 Å². The van der Waals surface area contributed by atoms with Crippen LogP contribution in [0.4, 0.5) is 26.3 Å². The topological polar surface area (TPSA) is 75.7 Å². The van der Waals surface area contributed by atoms with Gasteiger partial charge in [0.05, 0.1) is 15.8 Å². The summed E-state index contributed by atoms with van der Waals surface area (Å²) in [4.78, 5) is 34.3. The third-order valence-corrected chi connectivity index (χ3v) is 4.15. The Kier molecular flexibility index (Phi) is 6.99. The summed E-state index contributed by atoms with van der Waals surface area (Å²) in [6, 6.07) is 0.633. The lowest BCUT2D eigenvalue weighted by atomic mass is 10.2. The molecule has 1 aromatic heterocycles. The number of ether oxygens (including phenoxy) is 1. The van der Waals surface area contributed by atoms with Crippen molar-refractivity contribution in [1.29, 1.82) is 0 Å². The van der Waals surface area contributed by atoms with E-state index in [1.165, 1.54) is 21.0 Å². The van der Waals surface area contributed by atoms with Gasteiger partial charge in [0.25, 0.3) is 11.7 Å². The molecule has 2 unspecified atom stereocenters. The molecule has 1 rings (SSSR count). The number of thiophene rings is 1. The monoisotopic (exact) mass is 420 g/mol. The number of esters is 1. The fourth-order valence-electron chi connectivity index (χ4n) is 1.90. The quantitative estimate of drug-likeness (QED) is 0.332. The van der Waals surface area contributed by atoms with Crippen molar-refractivity contribution in [3.05, 3.63) is 21.9 Å². The van der Waals surface area contributed by atoms with Crippen molar-refractivity contribution >= 4 is 29.0 Å². The fourth-order valence-corrected chi connectivity index (χ4v) is 2.77. The van der Waals surface area contributed by atoms with E-state index in [1.54, 1.807) is 0 Å². The van der Waals surface area contributed by atoms with Crippen LogP contribution in [0.2, 0.25) is 0 Å². The van der Waals surface area contributed by atoms with E-state index in [0.29, 0.717) is 0 Å². The maximum absolute atomic E-state index is 12.4. The van der Waals surface area contributed by atoms with Crippen molar-refractivity contribution < 1.29 is 45.5 Å². The van der Waals surface area contributed by atoms with Crippen molar-refractivity contribution in [2.24, 2.45) is 0 Å². The minimum absolute atomic E-state index is 0.269. The van der Waals surface area contributed by atoms with Crippen LogP contribution in [0.15, 0.2) is 12.1 Å². The van der Waals surface area contributed by atoms with Crippen molar-refractivity contribution in [3.8, 4) is 0 Å². The first-order chi connectivity index (χ1) is 12.1. The number of Topliss-reactive ketones (excluding diaryl/α,β-unsaturated/α-hetero) is 1. The maximum atomic E-state index is 12.4. The summed E-state index contributed by atoms with van der Waals surface area (Å²) in [6.07, 6.45) is -11.8. The number of carbonyl (C=O) groups is 3. The smallest absolute Gasteiger partial charge is 0.437 e. The molecule has 0 radical (unpaired) electrons. The van der Waals surface area contributed by atoms with Crippen molar-refractivity contribution in [2.45, 2.75) is 31.5 Å². The molecule has 152 valence electrons. The van der Waals surface area contributed by atoms with Gasteiger partial charge in [-0.3, -0.25) is 14.5 Å². The molecule has 0 bridgehead atoms. The van der Waals surface area contributed by atoms with Crippen LogP contribution in [0.3, 0.4) is 0 Å². The van der Waals surface area contributed by atoms with Crippen molar-refractivity contribution in [2.75, 3.05) is 14.1 Å². The molecule has 0 aromatic carbocycles. The SMILES string of the molecule is CC(NC(=O)c1ccc(C(=O)C(F)(F)F)s1)C(OC(=O)C(F)(F)F)N(C)C. The summed E-state index contributed by atoms with van der Waals surface area (Å²) in [5, 5.41) is 2.22. The van der Waals surface area contributed by atoms with Gasteiger partial charge in [-0.2, -0.15) is 26.3 Å². The van der Waals surface area contributed by atoms with E-state index in [0.717, 1.165) is 17.0 Å². The van der Waals surface area contributed by atoms with Crippen LogP contribution in [0.1, 0.15) is 26.3 Å². The molecule has 0 saturated heterocycles. The third-order valence-electron chi connectivity index (χ3n) is 3.07. The predicted molar refractivity (Wildman–Crippen MR) is 81.3 cm³/mol. The number of likely N-dealkylation sites (N-methyl/N-ethyl adjacent to an activating group) is 1. The number of nitrogens with one attached hydrogen (secondary N) is 1. The Hall–Kier alpha value is -2.15. The lowest BCUT2D eigenvalue weighted by Gasteiger charge is -2.30. The molecule has 0 fully saturated rings. The van der Waals surface area contributed by atoms with E-state index < -0.39 is 47.2 Å². The molecule has 0 aliphatic carbocycles. The van der Waals surface area contributed by atoms with Crippen molar-refractivity contribution in [3.63, 3.8) is 0 Å². The second-order valence-electron chi connectivity index (χ2n) is 5.51. The molecule has 6 nitrogen and oxygen atoms in total. The first kappa shape index (κ1) is 22.9. The zero-order valence-electron chi connectivity index (χ0n) is 14.1. The average Bonchev–Trinajstić information content (AvgIpc) is 2.98. The number of carbonyl (C=O) groups excluding carboxylic acids is 3. The van der Waals surface area contributed by atoms with Gasteiger partial charge in [-0.15, -0.1) is 11.3 Å². The Labute approximate surface area is 153 Å². The van der Waals surface area contributed by atoms with Gasteiger partial charge in [0, 0.05) is 0 Å². The molecule has 13 heteroatoms. The van der Waals surface area contributed by atoms with Gasteiger partial charge in [-0.25, -0.2) is 4.79 Å². The number of hydrogen-bond donors (Lipinski definition) is 1. The van der Waals surface area contributed by atoms with E-state index in [4.69, 9.17) is 0 Å². The zero-order valence-corrected chi connectivity index (χ0v) is 14.9. The maximum Gasteiger partial charge on any atom is 0.490 e. The zero-order chi connectivity index (χ0) is 21.2. The van der Waals surface area contributed by atoms with E-state index >= 15 is 0 Å². The third kappa shape index (κ3) is 6.20. The summed E-state index contributed by atoms with van der Waals surface area (Å²) >= 11 is 0.273. The van der Waals surface area contributed by atoms with Crippen LogP contribution in [-0.4, -0.2) is 61.3 Å². The second-order valence-corrected chi connectivity index (χ2v) is 6.59. The van der Waals surface area contributed by atoms with Crippen LogP contribution >= 0.6 is 11.3 Å². The molecule has 1 heterocycles. The summed E-state index contributed by atoms with van der Waals surface area (Å²) < 4.78 is 78.5. The minimum atomic E-state index is -5.24. The first-order valence-electron chi connectivity index (χ1n) is 7.11. The Morgan fingerprint density at radius 3 is 2.00 bits per heavy atom. The van der Waals surface area contributed by atoms with Crippen LogP contribution in [0.25, 0.3) is 0 Å². The van der Waals surface area contributed by atoms with Gasteiger partial charge in [0.15, 0.2) is 6.23 Å². The lowest BCUT2D eigenvalue weighted by molar-refractivity contribution is -0.212. The van der Waals surface area contributed by atoms with Gasteiger partial charge in [-0.05, 0) is 33.2 Å². The summed E-state index contributed by atoms with van der Waals surface area (Å²) in [7, 11) is 2.59. The summed E-state index contributed by atoms with van der Waals surface area (Å²) in [5.41, 5.74) is 0. The molecular weight excluding hydrogens is 406 g/mol. The predicted octanol–water partition coefficient (Wildman–Crippen LogP) is 2.60. The molecular formula is C14H14F6N2O4S. The van der Waals surface area contributed by atoms with E-state index in [-0.39, 0.29) is 16.2 Å². The van der Waals surface area contributed by atoms with Crippen molar-refractivity contribution in [1.82, 2.24) is 10.2 Å². The number of alkyl halides is 6. The van der Waals surface area contributed by atoms with E-state index in [2.05, 4.69) is 10.1 Å². The van der Waals surface area contributed by atoms with Gasteiger partial charge in [0.2, 0.25) is 0 Å². The average molecular weight is 420 g/mol. The number of ketones is 1. The minimum Gasteiger partial charge on any atom is -0.437 e. The number of amides is 1. The lowest BCUT2D eigenvalue weighted by Crippen LogP contribution is -2.51. The van der Waals surface area contributed by atoms with Gasteiger partial charge in [-0.1, -0.05) is 0 Å². The summed E-state index contributed by atoms with van der Waals surface area (Å²) in [6.45, 7) is 1.24. The Morgan fingerprint density at radius 1 is 1.04 bits per heavy atom. The molecule has 0 aliphatic heterocycles. The van der Waals surface area contributed by atoms with Gasteiger partial charge in [0.1, 0.15) is 0 Å². The van der Waals surface area contributed by atoms with E-state index in [1.807, 2.05) is 0 Å². The standard InChI is InChI=1S/C14H14F6N2O4S/c1-6(11(22(2)3)26-12(25)14(18,19)20)21-10(24)8-5-4-7(27-8)9(23)13(15,16)17/h4-6,11H,1-3H3,(H,21,24). The highest BCUT2D eigenvalue weighted by atomic mass is 32.1. The van der Waals surface area contributed by atoms with Crippen LogP contribution in [-0.2, 0) is 9.53 Å². The number of nitrogens with zero attached hydrogens (tertiary/aromatic N) is 1. The molecule has 0 spiro atoms. The molecule has 1 aromatic rings. The Balaban J connectivity index is 2.86. The molecule has 0 aliphatic rings. The number of hydrogen-bond acceptors (Lipinski definition) is 6. The highest BCUT2D eigenvalue weighted by Gasteiger charge is 2.44. The van der Waals surface area contributed by atoms with Gasteiger partial charge < -0.3 is 10.1 Å². The Morgan fingerprint density at radius 2 is 1.56 bits per heavy atom. The van der Waals surface area contributed by atoms with Crippen LogP contribution in [0.5, 0.6) is 0 Å². The van der Waals surface area contributed by atoms with Crippen LogP contribution < -0.4 is 5.32 Å². The highest BCUT2D eigenvalue weighted by molar-refractivity contribution is 7.16. The van der Waals surface area contributed by atoms with Crippen LogP contribution in [0, 0.1) is 0 Å². The molecule has 1 N–H and O–H groups in total. The first-order valence-corrected chi connectivity index (χ1v) is 7.92. The molecule has 1 amide bonds. The summed E-state index contributed by atoms with van der Waals surface area (Å²) in [5.74, 6) is -5.52. The second kappa shape index (κ2) is 8.25. The molecule has 2 atom stereocenters. The Bertz CT molecular complexity index is 713. The molecule has 27 heavy (non-hydrogen) atoms. The highest BCUT2D eigenvalue weighted by Crippen LogP contribution is 2.26. The largest absolute Gasteiger partial charge is 0.490 e. The number of halogens is 6. The molecule has 0 saturated carbocycles. The van der Waals surface area contributed by atoms with E-state index in [9.17, 15) is 40.7 Å².